The van der Waals surface area contributed by atoms with Crippen molar-refractivity contribution in [3.05, 3.63) is 82.6 Å². The third-order valence-electron chi connectivity index (χ3n) is 5.93. The second-order valence-electron chi connectivity index (χ2n) is 7.98. The first-order valence-corrected chi connectivity index (χ1v) is 11.5. The van der Waals surface area contributed by atoms with Crippen LogP contribution in [-0.2, 0) is 0 Å². The van der Waals surface area contributed by atoms with Crippen LogP contribution in [0.1, 0.15) is 23.2 Å². The number of hydrogen-bond acceptors (Lipinski definition) is 3. The molecule has 1 aliphatic heterocycles. The van der Waals surface area contributed by atoms with Gasteiger partial charge in [-0.15, -0.1) is 0 Å². The monoisotopic (exact) mass is 482 g/mol. The summed E-state index contributed by atoms with van der Waals surface area (Å²) in [5.41, 5.74) is 3.04. The number of hydrogen-bond donors (Lipinski definition) is 1. The van der Waals surface area contributed by atoms with Crippen LogP contribution in [0.15, 0.2) is 67.0 Å². The maximum Gasteiger partial charge on any atom is 0.321 e. The van der Waals surface area contributed by atoms with Crippen LogP contribution in [0.25, 0.3) is 11.1 Å². The van der Waals surface area contributed by atoms with Crippen molar-refractivity contribution in [2.75, 3.05) is 25.5 Å². The molecular weight excluding hydrogens is 459 g/mol. The van der Waals surface area contributed by atoms with Crippen molar-refractivity contribution in [2.45, 2.75) is 18.9 Å². The summed E-state index contributed by atoms with van der Waals surface area (Å²) in [7, 11) is 1.79. The van der Waals surface area contributed by atoms with Gasteiger partial charge in [-0.2, -0.15) is 0 Å². The van der Waals surface area contributed by atoms with E-state index in [4.69, 9.17) is 23.2 Å². The lowest BCUT2D eigenvalue weighted by atomic mass is 10.0. The normalized spacial score (nSPS) is 14.1. The van der Waals surface area contributed by atoms with Crippen molar-refractivity contribution in [3.63, 3.8) is 0 Å². The van der Waals surface area contributed by atoms with E-state index in [0.29, 0.717) is 34.4 Å². The number of carbonyl (C=O) groups is 2. The molecule has 1 aromatic heterocycles. The van der Waals surface area contributed by atoms with Gasteiger partial charge in [0, 0.05) is 49.8 Å². The van der Waals surface area contributed by atoms with E-state index >= 15 is 0 Å². The van der Waals surface area contributed by atoms with Crippen molar-refractivity contribution in [2.24, 2.45) is 0 Å². The van der Waals surface area contributed by atoms with Gasteiger partial charge in [-0.3, -0.25) is 9.78 Å². The van der Waals surface area contributed by atoms with Gasteiger partial charge in [-0.25, -0.2) is 4.79 Å². The maximum atomic E-state index is 12.8. The Kier molecular flexibility index (Phi) is 7.16. The van der Waals surface area contributed by atoms with Crippen LogP contribution in [0.2, 0.25) is 10.0 Å². The summed E-state index contributed by atoms with van der Waals surface area (Å²) in [5, 5.41) is 3.95. The molecule has 1 aliphatic rings. The number of urea groups is 1. The van der Waals surface area contributed by atoms with E-state index in [9.17, 15) is 9.59 Å². The Morgan fingerprint density at radius 1 is 1.03 bits per heavy atom. The van der Waals surface area contributed by atoms with Crippen LogP contribution in [0, 0.1) is 0 Å². The number of rotatable bonds is 4. The lowest BCUT2D eigenvalue weighted by molar-refractivity contribution is 0.0671. The Balaban J connectivity index is 1.33. The van der Waals surface area contributed by atoms with E-state index in [2.05, 4.69) is 10.3 Å². The predicted molar refractivity (Wildman–Crippen MR) is 132 cm³/mol. The number of carbonyl (C=O) groups excluding carboxylic acids is 2. The molecule has 170 valence electrons. The third kappa shape index (κ3) is 5.29. The first kappa shape index (κ1) is 23.1. The SMILES string of the molecule is CN(C(=O)Nc1ccc(-c2cccc(Cl)c2Cl)cc1)C1CCN(C(=O)c2cccnc2)CC1. The Bertz CT molecular complexity index is 1130. The molecule has 3 amide bonds. The predicted octanol–water partition coefficient (Wildman–Crippen LogP) is 5.82. The molecule has 0 unspecified atom stereocenters. The molecule has 1 saturated heterocycles. The second-order valence-corrected chi connectivity index (χ2v) is 8.77. The number of likely N-dealkylation sites (tertiary alicyclic amines) is 1. The molecule has 4 rings (SSSR count). The molecule has 0 aliphatic carbocycles. The molecule has 8 heteroatoms. The largest absolute Gasteiger partial charge is 0.338 e. The van der Waals surface area contributed by atoms with Crippen molar-refractivity contribution in [1.82, 2.24) is 14.8 Å². The minimum Gasteiger partial charge on any atom is -0.338 e. The van der Waals surface area contributed by atoms with Crippen molar-refractivity contribution in [1.29, 1.82) is 0 Å². The fourth-order valence-electron chi connectivity index (χ4n) is 3.97. The summed E-state index contributed by atoms with van der Waals surface area (Å²) in [6, 6.07) is 16.4. The van der Waals surface area contributed by atoms with E-state index in [1.807, 2.05) is 41.3 Å². The summed E-state index contributed by atoms with van der Waals surface area (Å²) in [6.07, 6.45) is 4.68. The highest BCUT2D eigenvalue weighted by Crippen LogP contribution is 2.33. The van der Waals surface area contributed by atoms with Gasteiger partial charge in [0.2, 0.25) is 0 Å². The molecule has 0 radical (unpaired) electrons. The maximum absolute atomic E-state index is 12.8. The van der Waals surface area contributed by atoms with Crippen molar-refractivity contribution in [3.8, 4) is 11.1 Å². The van der Waals surface area contributed by atoms with Crippen LogP contribution >= 0.6 is 23.2 Å². The number of benzene rings is 2. The average Bonchev–Trinajstić information content (AvgIpc) is 2.86. The van der Waals surface area contributed by atoms with Crippen LogP contribution in [0.3, 0.4) is 0 Å². The van der Waals surface area contributed by atoms with Crippen molar-refractivity contribution >= 4 is 40.8 Å². The van der Waals surface area contributed by atoms with Gasteiger partial charge in [-0.05, 0) is 48.7 Å². The first-order valence-electron chi connectivity index (χ1n) is 10.7. The van der Waals surface area contributed by atoms with Gasteiger partial charge in [0.1, 0.15) is 0 Å². The van der Waals surface area contributed by atoms with E-state index < -0.39 is 0 Å². The Hall–Kier alpha value is -3.09. The fraction of sp³-hybridized carbons (Fsp3) is 0.240. The van der Waals surface area contributed by atoms with Gasteiger partial charge in [0.25, 0.3) is 5.91 Å². The van der Waals surface area contributed by atoms with Gasteiger partial charge in [0.05, 0.1) is 15.6 Å². The van der Waals surface area contributed by atoms with Gasteiger partial charge < -0.3 is 15.1 Å². The van der Waals surface area contributed by atoms with E-state index in [-0.39, 0.29) is 18.0 Å². The van der Waals surface area contributed by atoms with Gasteiger partial charge in [0.15, 0.2) is 0 Å². The Morgan fingerprint density at radius 2 is 1.76 bits per heavy atom. The molecule has 2 aromatic carbocycles. The summed E-state index contributed by atoms with van der Waals surface area (Å²) < 4.78 is 0. The van der Waals surface area contributed by atoms with Gasteiger partial charge in [-0.1, -0.05) is 47.5 Å². The number of nitrogens with one attached hydrogen (secondary N) is 1. The lowest BCUT2D eigenvalue weighted by Gasteiger charge is -2.36. The molecule has 1 N–H and O–H groups in total. The number of aromatic nitrogens is 1. The minimum absolute atomic E-state index is 0.0199. The van der Waals surface area contributed by atoms with Crippen molar-refractivity contribution < 1.29 is 9.59 Å². The molecule has 0 atom stereocenters. The van der Waals surface area contributed by atoms with Crippen LogP contribution in [0.5, 0.6) is 0 Å². The fourth-order valence-corrected chi connectivity index (χ4v) is 4.38. The molecule has 2 heterocycles. The third-order valence-corrected chi connectivity index (χ3v) is 6.75. The molecule has 0 bridgehead atoms. The lowest BCUT2D eigenvalue weighted by Crippen LogP contribution is -2.48. The highest BCUT2D eigenvalue weighted by Gasteiger charge is 2.28. The first-order chi connectivity index (χ1) is 15.9. The number of amides is 3. The summed E-state index contributed by atoms with van der Waals surface area (Å²) in [6.45, 7) is 1.20. The molecule has 6 nitrogen and oxygen atoms in total. The number of piperidine rings is 1. The minimum atomic E-state index is -0.180. The zero-order valence-corrected chi connectivity index (χ0v) is 19.7. The summed E-state index contributed by atoms with van der Waals surface area (Å²) in [4.78, 5) is 32.9. The highest BCUT2D eigenvalue weighted by molar-refractivity contribution is 6.43. The molecule has 0 saturated carbocycles. The Labute approximate surface area is 203 Å². The topological polar surface area (TPSA) is 65.5 Å². The summed E-state index contributed by atoms with van der Waals surface area (Å²) >= 11 is 12.4. The molecule has 3 aromatic rings. The average molecular weight is 483 g/mol. The highest BCUT2D eigenvalue weighted by atomic mass is 35.5. The Morgan fingerprint density at radius 3 is 2.42 bits per heavy atom. The standard InChI is InChI=1S/C25H24Cl2N4O2/c1-30(20-11-14-31(15-12-20)24(32)18-4-3-13-28-16-18)25(33)29-19-9-7-17(8-10-19)21-5-2-6-22(26)23(21)27/h2-10,13,16,20H,11-12,14-15H2,1H3,(H,29,33). The zero-order valence-electron chi connectivity index (χ0n) is 18.2. The van der Waals surface area contributed by atoms with E-state index in [1.165, 1.54) is 0 Å². The quantitative estimate of drug-likeness (QED) is 0.508. The molecule has 0 spiro atoms. The number of halogens is 2. The van der Waals surface area contributed by atoms with Crippen LogP contribution in [0.4, 0.5) is 10.5 Å². The van der Waals surface area contributed by atoms with Crippen LogP contribution < -0.4 is 5.32 Å². The molecule has 33 heavy (non-hydrogen) atoms. The zero-order chi connectivity index (χ0) is 23.4. The number of pyridine rings is 1. The molecular formula is C25H24Cl2N4O2. The molecule has 1 fully saturated rings. The second kappa shape index (κ2) is 10.2. The van der Waals surface area contributed by atoms with E-state index in [0.717, 1.165) is 24.0 Å². The van der Waals surface area contributed by atoms with Crippen LogP contribution in [-0.4, -0.2) is 52.9 Å². The number of anilines is 1. The smallest absolute Gasteiger partial charge is 0.321 e. The van der Waals surface area contributed by atoms with Gasteiger partial charge >= 0.3 is 6.03 Å². The number of nitrogens with zero attached hydrogens (tertiary/aromatic N) is 3. The van der Waals surface area contributed by atoms with E-state index in [1.54, 1.807) is 42.5 Å². The summed E-state index contributed by atoms with van der Waals surface area (Å²) in [5.74, 6) is -0.0199.